The molecular formula is C13H18N2O2. The molecule has 0 radical (unpaired) electrons. The summed E-state index contributed by atoms with van der Waals surface area (Å²) < 4.78 is 0. The van der Waals surface area contributed by atoms with Crippen LogP contribution in [0.1, 0.15) is 23.2 Å². The summed E-state index contributed by atoms with van der Waals surface area (Å²) in [4.78, 5) is 13.0. The summed E-state index contributed by atoms with van der Waals surface area (Å²) >= 11 is 0. The Balaban J connectivity index is 2.07. The predicted octanol–water partition coefficient (Wildman–Crippen LogP) is 1.57. The first-order valence-corrected chi connectivity index (χ1v) is 5.95. The van der Waals surface area contributed by atoms with E-state index in [1.807, 2.05) is 12.1 Å². The van der Waals surface area contributed by atoms with Crippen molar-refractivity contribution >= 4 is 11.7 Å². The smallest absolute Gasteiger partial charge is 0.335 e. The molecule has 1 aromatic carbocycles. The van der Waals surface area contributed by atoms with Gasteiger partial charge in [-0.1, -0.05) is 0 Å². The van der Waals surface area contributed by atoms with Crippen molar-refractivity contribution in [3.8, 4) is 0 Å². The Labute approximate surface area is 101 Å². The molecule has 0 aliphatic carbocycles. The summed E-state index contributed by atoms with van der Waals surface area (Å²) in [6.07, 6.45) is 2.27. The van der Waals surface area contributed by atoms with Gasteiger partial charge in [-0.2, -0.15) is 0 Å². The van der Waals surface area contributed by atoms with Gasteiger partial charge in [0.1, 0.15) is 0 Å². The molecule has 92 valence electrons. The molecule has 1 saturated heterocycles. The van der Waals surface area contributed by atoms with Gasteiger partial charge in [-0.05, 0) is 50.2 Å². The summed E-state index contributed by atoms with van der Waals surface area (Å²) in [5.41, 5.74) is 1.43. The van der Waals surface area contributed by atoms with Gasteiger partial charge in [0, 0.05) is 18.8 Å². The van der Waals surface area contributed by atoms with Gasteiger partial charge in [0.05, 0.1) is 5.56 Å². The van der Waals surface area contributed by atoms with E-state index < -0.39 is 5.97 Å². The van der Waals surface area contributed by atoms with Gasteiger partial charge in [-0.3, -0.25) is 0 Å². The third kappa shape index (κ3) is 2.77. The lowest BCUT2D eigenvalue weighted by molar-refractivity contribution is 0.0697. The maximum Gasteiger partial charge on any atom is 0.335 e. The second-order valence-corrected chi connectivity index (χ2v) is 4.44. The van der Waals surface area contributed by atoms with Crippen LogP contribution in [0.2, 0.25) is 0 Å². The molecule has 0 aromatic heterocycles. The minimum Gasteiger partial charge on any atom is -0.478 e. The Morgan fingerprint density at radius 2 is 1.88 bits per heavy atom. The van der Waals surface area contributed by atoms with Crippen LogP contribution in [0.5, 0.6) is 0 Å². The van der Waals surface area contributed by atoms with E-state index in [9.17, 15) is 4.79 Å². The van der Waals surface area contributed by atoms with Crippen LogP contribution in [0.4, 0.5) is 5.69 Å². The van der Waals surface area contributed by atoms with Crippen molar-refractivity contribution in [3.63, 3.8) is 0 Å². The van der Waals surface area contributed by atoms with Crippen LogP contribution in [0, 0.1) is 0 Å². The molecule has 1 aromatic rings. The lowest BCUT2D eigenvalue weighted by Crippen LogP contribution is -2.41. The van der Waals surface area contributed by atoms with E-state index in [4.69, 9.17) is 5.11 Å². The van der Waals surface area contributed by atoms with Crippen LogP contribution in [0.15, 0.2) is 24.3 Å². The summed E-state index contributed by atoms with van der Waals surface area (Å²) in [6.45, 7) is 2.12. The Hall–Kier alpha value is -1.55. The zero-order valence-electron chi connectivity index (χ0n) is 10.0. The predicted molar refractivity (Wildman–Crippen MR) is 67.7 cm³/mol. The molecular weight excluding hydrogens is 216 g/mol. The summed E-state index contributed by atoms with van der Waals surface area (Å²) in [6, 6.07) is 7.63. The molecule has 0 bridgehead atoms. The fourth-order valence-corrected chi connectivity index (χ4v) is 2.24. The molecule has 2 rings (SSSR count). The number of benzene rings is 1. The van der Waals surface area contributed by atoms with Crippen LogP contribution < -0.4 is 10.2 Å². The lowest BCUT2D eigenvalue weighted by Gasteiger charge is -2.33. The highest BCUT2D eigenvalue weighted by Gasteiger charge is 2.18. The number of carboxylic acids is 1. The van der Waals surface area contributed by atoms with Gasteiger partial charge in [0.25, 0.3) is 0 Å². The van der Waals surface area contributed by atoms with Gasteiger partial charge in [0.15, 0.2) is 0 Å². The zero-order valence-corrected chi connectivity index (χ0v) is 10.0. The first-order chi connectivity index (χ1) is 8.18. The molecule has 1 heterocycles. The summed E-state index contributed by atoms with van der Waals surface area (Å²) in [5, 5.41) is 12.2. The Kier molecular flexibility index (Phi) is 3.64. The fourth-order valence-electron chi connectivity index (χ4n) is 2.24. The van der Waals surface area contributed by atoms with E-state index in [-0.39, 0.29) is 0 Å². The van der Waals surface area contributed by atoms with Crippen LogP contribution in [0.25, 0.3) is 0 Å². The average Bonchev–Trinajstić information content (AvgIpc) is 2.39. The number of aromatic carboxylic acids is 1. The fraction of sp³-hybridized carbons (Fsp3) is 0.462. The summed E-state index contributed by atoms with van der Waals surface area (Å²) in [5.74, 6) is -0.874. The number of rotatable bonds is 3. The molecule has 4 heteroatoms. The molecule has 0 atom stereocenters. The number of nitrogens with one attached hydrogen (secondary N) is 1. The van der Waals surface area contributed by atoms with Crippen molar-refractivity contribution in [1.29, 1.82) is 0 Å². The number of anilines is 1. The lowest BCUT2D eigenvalue weighted by atomic mass is 10.0. The number of piperidine rings is 1. The third-order valence-corrected chi connectivity index (χ3v) is 3.38. The van der Waals surface area contributed by atoms with Gasteiger partial charge < -0.3 is 15.3 Å². The molecule has 1 fully saturated rings. The van der Waals surface area contributed by atoms with Gasteiger partial charge in [0.2, 0.25) is 0 Å². The highest BCUT2D eigenvalue weighted by atomic mass is 16.4. The molecule has 0 saturated carbocycles. The average molecular weight is 234 g/mol. The van der Waals surface area contributed by atoms with Crippen molar-refractivity contribution in [1.82, 2.24) is 5.32 Å². The Bertz CT molecular complexity index is 383. The molecule has 1 aliphatic heterocycles. The molecule has 0 spiro atoms. The monoisotopic (exact) mass is 234 g/mol. The van der Waals surface area contributed by atoms with E-state index in [1.54, 1.807) is 12.1 Å². The molecule has 4 nitrogen and oxygen atoms in total. The molecule has 17 heavy (non-hydrogen) atoms. The SMILES string of the molecule is CN(c1ccc(C(=O)O)cc1)C1CCNCC1. The van der Waals surface area contributed by atoms with E-state index in [0.717, 1.165) is 31.6 Å². The van der Waals surface area contributed by atoms with Crippen molar-refractivity contribution in [2.45, 2.75) is 18.9 Å². The van der Waals surface area contributed by atoms with E-state index in [1.165, 1.54) is 0 Å². The highest BCUT2D eigenvalue weighted by molar-refractivity contribution is 5.88. The van der Waals surface area contributed by atoms with E-state index in [2.05, 4.69) is 17.3 Å². The van der Waals surface area contributed by atoms with Crippen molar-refractivity contribution in [2.75, 3.05) is 25.0 Å². The number of hydrogen-bond acceptors (Lipinski definition) is 3. The molecule has 0 amide bonds. The standard InChI is InChI=1S/C13H18N2O2/c1-15(12-6-8-14-9-7-12)11-4-2-10(3-5-11)13(16)17/h2-5,12,14H,6-9H2,1H3,(H,16,17). The van der Waals surface area contributed by atoms with Crippen LogP contribution in [-0.4, -0.2) is 37.3 Å². The first-order valence-electron chi connectivity index (χ1n) is 5.95. The zero-order chi connectivity index (χ0) is 12.3. The van der Waals surface area contributed by atoms with Gasteiger partial charge >= 0.3 is 5.97 Å². The van der Waals surface area contributed by atoms with Crippen LogP contribution >= 0.6 is 0 Å². The number of carboxylic acid groups (broad SMARTS) is 1. The van der Waals surface area contributed by atoms with Crippen molar-refractivity contribution in [2.24, 2.45) is 0 Å². The van der Waals surface area contributed by atoms with E-state index in [0.29, 0.717) is 11.6 Å². The normalized spacial score (nSPS) is 16.8. The maximum absolute atomic E-state index is 10.8. The minimum absolute atomic E-state index is 0.340. The molecule has 2 N–H and O–H groups in total. The Morgan fingerprint density at radius 1 is 1.29 bits per heavy atom. The highest BCUT2D eigenvalue weighted by Crippen LogP contribution is 2.20. The maximum atomic E-state index is 10.8. The van der Waals surface area contributed by atoms with E-state index >= 15 is 0 Å². The molecule has 0 unspecified atom stereocenters. The molecule has 1 aliphatic rings. The van der Waals surface area contributed by atoms with Crippen molar-refractivity contribution < 1.29 is 9.90 Å². The Morgan fingerprint density at radius 3 is 2.41 bits per heavy atom. The van der Waals surface area contributed by atoms with Gasteiger partial charge in [-0.15, -0.1) is 0 Å². The first kappa shape index (κ1) is 11.9. The minimum atomic E-state index is -0.874. The largest absolute Gasteiger partial charge is 0.478 e. The summed E-state index contributed by atoms with van der Waals surface area (Å²) in [7, 11) is 2.08. The second-order valence-electron chi connectivity index (χ2n) is 4.44. The third-order valence-electron chi connectivity index (χ3n) is 3.38. The number of hydrogen-bond donors (Lipinski definition) is 2. The topological polar surface area (TPSA) is 52.6 Å². The van der Waals surface area contributed by atoms with Gasteiger partial charge in [-0.25, -0.2) is 4.79 Å². The second kappa shape index (κ2) is 5.19. The number of carbonyl (C=O) groups is 1. The van der Waals surface area contributed by atoms with Crippen LogP contribution in [-0.2, 0) is 0 Å². The quantitative estimate of drug-likeness (QED) is 0.833. The number of nitrogens with zero attached hydrogens (tertiary/aromatic N) is 1. The van der Waals surface area contributed by atoms with Crippen molar-refractivity contribution in [3.05, 3.63) is 29.8 Å². The van der Waals surface area contributed by atoms with Crippen LogP contribution in [0.3, 0.4) is 0 Å².